The maximum absolute atomic E-state index is 12.1. The molecule has 0 saturated carbocycles. The van der Waals surface area contributed by atoms with Crippen molar-refractivity contribution < 1.29 is 4.79 Å². The lowest BCUT2D eigenvalue weighted by atomic mass is 10.4. The monoisotopic (exact) mass is 327 g/mol. The summed E-state index contributed by atoms with van der Waals surface area (Å²) in [5.74, 6) is -0.0533. The molecule has 0 fully saturated rings. The Labute approximate surface area is 129 Å². The average molecular weight is 327 g/mol. The van der Waals surface area contributed by atoms with Crippen LogP contribution in [0.5, 0.6) is 0 Å². The van der Waals surface area contributed by atoms with Gasteiger partial charge in [0.2, 0.25) is 0 Å². The van der Waals surface area contributed by atoms with Crippen molar-refractivity contribution in [2.75, 3.05) is 24.2 Å². The number of carbonyl (C=O) groups excluding carboxylic acids is 1. The van der Waals surface area contributed by atoms with Gasteiger partial charge in [-0.15, -0.1) is 0 Å². The molecular formula is C12H17N5O2S2. The van der Waals surface area contributed by atoms with Gasteiger partial charge in [0.05, 0.1) is 6.54 Å². The zero-order chi connectivity index (χ0) is 15.4. The topological polar surface area (TPSA) is 104 Å². The lowest BCUT2D eigenvalue weighted by Crippen LogP contribution is -2.23. The highest BCUT2D eigenvalue weighted by Crippen LogP contribution is 2.27. The molecular weight excluding hydrogens is 310 g/mol. The Bertz CT molecular complexity index is 675. The van der Waals surface area contributed by atoms with Crippen LogP contribution in [0.2, 0.25) is 0 Å². The summed E-state index contributed by atoms with van der Waals surface area (Å²) in [6, 6.07) is 0. The Kier molecular flexibility index (Phi) is 4.97. The predicted molar refractivity (Wildman–Crippen MR) is 86.2 cm³/mol. The average Bonchev–Trinajstić information content (AvgIpc) is 3.02. The fraction of sp³-hybridized carbons (Fsp3) is 0.417. The van der Waals surface area contributed by atoms with Crippen molar-refractivity contribution in [3.8, 4) is 0 Å². The number of aromatic amines is 1. The van der Waals surface area contributed by atoms with Crippen LogP contribution in [0, 0.1) is 0 Å². The van der Waals surface area contributed by atoms with Crippen molar-refractivity contribution in [3.63, 3.8) is 0 Å². The van der Waals surface area contributed by atoms with Crippen LogP contribution in [0.3, 0.4) is 0 Å². The minimum absolute atomic E-state index is 0.139. The molecule has 2 aromatic heterocycles. The summed E-state index contributed by atoms with van der Waals surface area (Å²) in [6.45, 7) is 3.18. The first-order chi connectivity index (χ1) is 10.0. The highest BCUT2D eigenvalue weighted by atomic mass is 32.1. The number of H-pyrrole nitrogens is 1. The first-order valence-electron chi connectivity index (χ1n) is 6.43. The molecule has 1 amide bonds. The number of nitrogens with zero attached hydrogens (tertiary/aromatic N) is 2. The van der Waals surface area contributed by atoms with Crippen LogP contribution in [-0.4, -0.2) is 29.5 Å². The Morgan fingerprint density at radius 1 is 1.57 bits per heavy atom. The van der Waals surface area contributed by atoms with E-state index in [0.717, 1.165) is 29.4 Å². The van der Waals surface area contributed by atoms with Gasteiger partial charge in [0.15, 0.2) is 5.13 Å². The third-order valence-electron chi connectivity index (χ3n) is 2.74. The second kappa shape index (κ2) is 6.72. The number of rotatable bonds is 6. The molecule has 0 aliphatic carbocycles. The Morgan fingerprint density at radius 2 is 2.33 bits per heavy atom. The van der Waals surface area contributed by atoms with Gasteiger partial charge in [-0.2, -0.15) is 0 Å². The van der Waals surface area contributed by atoms with Gasteiger partial charge in [0.25, 0.3) is 5.91 Å². The Morgan fingerprint density at radius 3 is 2.95 bits per heavy atom. The lowest BCUT2D eigenvalue weighted by Gasteiger charge is -2.13. The van der Waals surface area contributed by atoms with Crippen LogP contribution in [-0.2, 0) is 6.54 Å². The van der Waals surface area contributed by atoms with Gasteiger partial charge in [0.1, 0.15) is 10.7 Å². The highest BCUT2D eigenvalue weighted by Gasteiger charge is 2.17. The third kappa shape index (κ3) is 3.82. The van der Waals surface area contributed by atoms with E-state index >= 15 is 0 Å². The maximum atomic E-state index is 12.1. The third-order valence-corrected chi connectivity index (χ3v) is 4.65. The van der Waals surface area contributed by atoms with E-state index in [2.05, 4.69) is 22.2 Å². The van der Waals surface area contributed by atoms with Crippen LogP contribution in [0.1, 0.15) is 28.7 Å². The summed E-state index contributed by atoms with van der Waals surface area (Å²) in [6.07, 6.45) is 0.989. The lowest BCUT2D eigenvalue weighted by molar-refractivity contribution is 0.0955. The van der Waals surface area contributed by atoms with E-state index in [4.69, 9.17) is 5.73 Å². The molecule has 0 unspecified atom stereocenters. The minimum Gasteiger partial charge on any atom is -0.382 e. The molecule has 7 nitrogen and oxygen atoms in total. The van der Waals surface area contributed by atoms with E-state index in [9.17, 15) is 9.59 Å². The zero-order valence-corrected chi connectivity index (χ0v) is 13.4. The first kappa shape index (κ1) is 15.5. The molecule has 21 heavy (non-hydrogen) atoms. The van der Waals surface area contributed by atoms with Gasteiger partial charge < -0.3 is 20.9 Å². The second-order valence-corrected chi connectivity index (χ2v) is 6.31. The van der Waals surface area contributed by atoms with Gasteiger partial charge >= 0.3 is 4.87 Å². The summed E-state index contributed by atoms with van der Waals surface area (Å²) < 4.78 is 0. The van der Waals surface area contributed by atoms with Crippen molar-refractivity contribution in [2.45, 2.75) is 19.9 Å². The molecule has 0 bridgehead atoms. The van der Waals surface area contributed by atoms with Crippen LogP contribution in [0.4, 0.5) is 10.9 Å². The minimum atomic E-state index is -0.284. The molecule has 0 aromatic carbocycles. The zero-order valence-electron chi connectivity index (χ0n) is 11.8. The molecule has 0 radical (unpaired) electrons. The molecule has 2 rings (SSSR count). The Hall–Kier alpha value is -1.87. The highest BCUT2D eigenvalue weighted by molar-refractivity contribution is 7.18. The van der Waals surface area contributed by atoms with Crippen LogP contribution >= 0.6 is 22.7 Å². The molecule has 2 heterocycles. The van der Waals surface area contributed by atoms with Gasteiger partial charge in [-0.3, -0.25) is 9.59 Å². The number of anilines is 2. The van der Waals surface area contributed by atoms with E-state index in [1.54, 1.807) is 5.38 Å². The summed E-state index contributed by atoms with van der Waals surface area (Å²) in [4.78, 5) is 32.2. The standard InChI is InChI=1S/C12H17N5O2S2/c1-3-4-17(2)11-16-9(13)8(21-11)10(18)14-5-7-6-20-12(19)15-7/h6H,3-5,13H2,1-2H3,(H,14,18)(H,15,19). The number of amides is 1. The van der Waals surface area contributed by atoms with E-state index in [1.807, 2.05) is 11.9 Å². The molecule has 4 N–H and O–H groups in total. The molecule has 114 valence electrons. The molecule has 0 atom stereocenters. The summed E-state index contributed by atoms with van der Waals surface area (Å²) >= 11 is 2.33. The molecule has 0 aliphatic heterocycles. The first-order valence-corrected chi connectivity index (χ1v) is 8.13. The normalized spacial score (nSPS) is 10.6. The summed E-state index contributed by atoms with van der Waals surface area (Å²) in [5.41, 5.74) is 6.48. The predicted octanol–water partition coefficient (Wildman–Crippen LogP) is 1.25. The largest absolute Gasteiger partial charge is 0.382 e. The number of nitrogen functional groups attached to an aromatic ring is 1. The van der Waals surface area contributed by atoms with Gasteiger partial charge in [0, 0.05) is 24.7 Å². The van der Waals surface area contributed by atoms with E-state index < -0.39 is 0 Å². The van der Waals surface area contributed by atoms with Crippen LogP contribution in [0.15, 0.2) is 10.2 Å². The fourth-order valence-corrected chi connectivity index (χ4v) is 3.20. The van der Waals surface area contributed by atoms with Crippen molar-refractivity contribution in [1.82, 2.24) is 15.3 Å². The number of aromatic nitrogens is 2. The summed E-state index contributed by atoms with van der Waals surface area (Å²) in [5, 5.41) is 5.13. The van der Waals surface area contributed by atoms with Gasteiger partial charge in [-0.05, 0) is 6.42 Å². The van der Waals surface area contributed by atoms with Gasteiger partial charge in [-0.25, -0.2) is 4.98 Å². The van der Waals surface area contributed by atoms with Crippen LogP contribution < -0.4 is 20.8 Å². The number of hydrogen-bond acceptors (Lipinski definition) is 7. The maximum Gasteiger partial charge on any atom is 0.304 e. The van der Waals surface area contributed by atoms with Crippen molar-refractivity contribution in [2.24, 2.45) is 0 Å². The Balaban J connectivity index is 2.03. The quantitative estimate of drug-likeness (QED) is 0.741. The smallest absolute Gasteiger partial charge is 0.304 e. The molecule has 9 heteroatoms. The van der Waals surface area contributed by atoms with E-state index in [0.29, 0.717) is 10.6 Å². The number of carbonyl (C=O) groups is 1. The van der Waals surface area contributed by atoms with Crippen molar-refractivity contribution in [1.29, 1.82) is 0 Å². The number of nitrogens with one attached hydrogen (secondary N) is 2. The molecule has 0 spiro atoms. The molecule has 0 aliphatic rings. The van der Waals surface area contributed by atoms with Gasteiger partial charge in [-0.1, -0.05) is 29.6 Å². The van der Waals surface area contributed by atoms with E-state index in [-0.39, 0.29) is 23.1 Å². The number of thiazole rings is 2. The fourth-order valence-electron chi connectivity index (χ4n) is 1.73. The summed E-state index contributed by atoms with van der Waals surface area (Å²) in [7, 11) is 1.92. The van der Waals surface area contributed by atoms with Crippen LogP contribution in [0.25, 0.3) is 0 Å². The van der Waals surface area contributed by atoms with E-state index in [1.165, 1.54) is 11.3 Å². The number of nitrogens with two attached hydrogens (primary N) is 1. The number of hydrogen-bond donors (Lipinski definition) is 3. The van der Waals surface area contributed by atoms with Crippen molar-refractivity contribution in [3.05, 3.63) is 25.6 Å². The molecule has 0 saturated heterocycles. The molecule has 2 aromatic rings. The van der Waals surface area contributed by atoms with Crippen molar-refractivity contribution >= 4 is 39.5 Å². The second-order valence-electron chi connectivity index (χ2n) is 4.49. The SMILES string of the molecule is CCCN(C)c1nc(N)c(C(=O)NCc2csc(=O)[nH]2)s1.